The molecule has 0 fully saturated rings. The highest BCUT2D eigenvalue weighted by Crippen LogP contribution is 2.44. The second-order valence-corrected chi connectivity index (χ2v) is 5.04. The minimum atomic E-state index is -4.98. The van der Waals surface area contributed by atoms with Crippen LogP contribution < -0.4 is 4.74 Å². The number of methoxy groups -OCH3 is 1. The fourth-order valence-corrected chi connectivity index (χ4v) is 2.24. The van der Waals surface area contributed by atoms with Gasteiger partial charge in [0.25, 0.3) is 0 Å². The van der Waals surface area contributed by atoms with E-state index in [4.69, 9.17) is 9.84 Å². The van der Waals surface area contributed by atoms with Gasteiger partial charge < -0.3 is 14.9 Å². The number of rotatable bonds is 5. The van der Waals surface area contributed by atoms with Crippen LogP contribution >= 0.6 is 0 Å². The summed E-state index contributed by atoms with van der Waals surface area (Å²) in [6, 6.07) is 3.47. The largest absolute Gasteiger partial charge is 0.496 e. The van der Waals surface area contributed by atoms with Crippen LogP contribution in [0.1, 0.15) is 25.3 Å². The van der Waals surface area contributed by atoms with Gasteiger partial charge in [-0.15, -0.1) is 0 Å². The highest BCUT2D eigenvalue weighted by molar-refractivity contribution is 5.37. The molecule has 7 heteroatoms. The second kappa shape index (κ2) is 6.19. The number of aliphatic hydroxyl groups is 2. The summed E-state index contributed by atoms with van der Waals surface area (Å²) in [4.78, 5) is 0. The Hall–Kier alpha value is -1.34. The summed E-state index contributed by atoms with van der Waals surface area (Å²) in [5, 5.41) is 18.8. The summed E-state index contributed by atoms with van der Waals surface area (Å²) in [5.74, 6) is -2.67. The predicted molar refractivity (Wildman–Crippen MR) is 68.6 cm³/mol. The summed E-state index contributed by atoms with van der Waals surface area (Å²) in [7, 11) is 1.28. The van der Waals surface area contributed by atoms with Crippen molar-refractivity contribution in [1.82, 2.24) is 0 Å². The summed E-state index contributed by atoms with van der Waals surface area (Å²) >= 11 is 0. The number of hydrogen-bond acceptors (Lipinski definition) is 3. The minimum absolute atomic E-state index is 0.0943. The first-order valence-corrected chi connectivity index (χ1v) is 6.32. The molecule has 21 heavy (non-hydrogen) atoms. The van der Waals surface area contributed by atoms with Gasteiger partial charge in [-0.3, -0.25) is 0 Å². The smallest absolute Gasteiger partial charge is 0.419 e. The first-order chi connectivity index (χ1) is 9.58. The van der Waals surface area contributed by atoms with E-state index in [1.165, 1.54) is 27.0 Å². The van der Waals surface area contributed by atoms with Crippen molar-refractivity contribution in [2.24, 2.45) is 5.92 Å². The average Bonchev–Trinajstić information content (AvgIpc) is 2.43. The van der Waals surface area contributed by atoms with Crippen molar-refractivity contribution in [3.05, 3.63) is 29.6 Å². The van der Waals surface area contributed by atoms with E-state index in [2.05, 4.69) is 0 Å². The Kier molecular flexibility index (Phi) is 5.22. The van der Waals surface area contributed by atoms with Crippen LogP contribution in [-0.4, -0.2) is 35.7 Å². The van der Waals surface area contributed by atoms with E-state index >= 15 is 0 Å². The normalized spacial score (nSPS) is 18.0. The van der Waals surface area contributed by atoms with Gasteiger partial charge in [0.2, 0.25) is 0 Å². The van der Waals surface area contributed by atoms with Gasteiger partial charge in [-0.05, 0) is 17.5 Å². The first kappa shape index (κ1) is 17.7. The third kappa shape index (κ3) is 3.29. The molecule has 120 valence electrons. The molecule has 0 saturated carbocycles. The van der Waals surface area contributed by atoms with E-state index in [0.717, 1.165) is 12.1 Å². The predicted octanol–water partition coefficient (Wildman–Crippen LogP) is 2.86. The van der Waals surface area contributed by atoms with Crippen molar-refractivity contribution in [3.63, 3.8) is 0 Å². The van der Waals surface area contributed by atoms with Crippen LogP contribution in [0.3, 0.4) is 0 Å². The number of halogens is 4. The zero-order chi connectivity index (χ0) is 16.4. The third-order valence-electron chi connectivity index (χ3n) is 3.92. The molecule has 0 spiro atoms. The molecule has 1 rings (SSSR count). The molecule has 3 unspecified atom stereocenters. The highest BCUT2D eigenvalue weighted by atomic mass is 19.4. The van der Waals surface area contributed by atoms with Crippen molar-refractivity contribution in [2.75, 3.05) is 13.7 Å². The van der Waals surface area contributed by atoms with Gasteiger partial charge in [-0.1, -0.05) is 19.9 Å². The van der Waals surface area contributed by atoms with Gasteiger partial charge in [0.05, 0.1) is 13.7 Å². The van der Waals surface area contributed by atoms with Gasteiger partial charge in [0.15, 0.2) is 5.60 Å². The van der Waals surface area contributed by atoms with Gasteiger partial charge in [0, 0.05) is 12.0 Å². The Morgan fingerprint density at radius 1 is 1.24 bits per heavy atom. The fourth-order valence-electron chi connectivity index (χ4n) is 2.24. The van der Waals surface area contributed by atoms with E-state index in [1.54, 1.807) is 0 Å². The quantitative estimate of drug-likeness (QED) is 0.822. The van der Waals surface area contributed by atoms with E-state index in [0.29, 0.717) is 5.56 Å². The molecular formula is C14H18F4O3. The number of benzene rings is 1. The molecule has 0 radical (unpaired) electrons. The molecule has 0 aliphatic rings. The molecule has 0 saturated heterocycles. The summed E-state index contributed by atoms with van der Waals surface area (Å²) in [6.45, 7) is 1.18. The average molecular weight is 310 g/mol. The van der Waals surface area contributed by atoms with E-state index in [1.807, 2.05) is 0 Å². The second-order valence-electron chi connectivity index (χ2n) is 5.04. The standard InChI is InChI=1S/C14H18F4O3/c1-8(9(2)13(20,7-19)14(16,17)18)11-5-4-10(15)6-12(11)21-3/h4-6,8-9,19-20H,7H2,1-3H3. The van der Waals surface area contributed by atoms with Crippen molar-refractivity contribution in [3.8, 4) is 5.75 Å². The molecule has 0 bridgehead atoms. The van der Waals surface area contributed by atoms with Crippen LogP contribution in [0.2, 0.25) is 0 Å². The van der Waals surface area contributed by atoms with Crippen LogP contribution in [0, 0.1) is 11.7 Å². The molecule has 3 atom stereocenters. The molecule has 2 N–H and O–H groups in total. The van der Waals surface area contributed by atoms with Gasteiger partial charge in [-0.2, -0.15) is 13.2 Å². The molecule has 0 amide bonds. The Bertz CT molecular complexity index is 490. The van der Waals surface area contributed by atoms with E-state index < -0.39 is 36.0 Å². The lowest BCUT2D eigenvalue weighted by Gasteiger charge is -2.37. The molecule has 0 aliphatic carbocycles. The summed E-state index contributed by atoms with van der Waals surface area (Å²) in [5.41, 5.74) is -2.92. The van der Waals surface area contributed by atoms with E-state index in [-0.39, 0.29) is 5.75 Å². The van der Waals surface area contributed by atoms with Crippen LogP contribution in [0.4, 0.5) is 17.6 Å². The van der Waals surface area contributed by atoms with Crippen molar-refractivity contribution >= 4 is 0 Å². The zero-order valence-electron chi connectivity index (χ0n) is 11.9. The Morgan fingerprint density at radius 2 is 1.81 bits per heavy atom. The summed E-state index contributed by atoms with van der Waals surface area (Å²) < 4.78 is 57.0. The fraction of sp³-hybridized carbons (Fsp3) is 0.571. The number of hydrogen-bond donors (Lipinski definition) is 2. The summed E-state index contributed by atoms with van der Waals surface area (Å²) in [6.07, 6.45) is -4.98. The van der Waals surface area contributed by atoms with Crippen molar-refractivity contribution < 1.29 is 32.5 Å². The Morgan fingerprint density at radius 3 is 2.24 bits per heavy atom. The maximum atomic E-state index is 13.1. The van der Waals surface area contributed by atoms with Crippen molar-refractivity contribution in [1.29, 1.82) is 0 Å². The Labute approximate surface area is 120 Å². The zero-order valence-corrected chi connectivity index (χ0v) is 11.9. The topological polar surface area (TPSA) is 49.7 Å². The van der Waals surface area contributed by atoms with Gasteiger partial charge in [0.1, 0.15) is 11.6 Å². The maximum absolute atomic E-state index is 13.1. The van der Waals surface area contributed by atoms with Gasteiger partial charge >= 0.3 is 6.18 Å². The van der Waals surface area contributed by atoms with Crippen LogP contribution in [-0.2, 0) is 0 Å². The molecule has 1 aromatic rings. The molecule has 0 heterocycles. The Balaban J connectivity index is 3.21. The SMILES string of the molecule is COc1cc(F)ccc1C(C)C(C)C(O)(CO)C(F)(F)F. The van der Waals surface area contributed by atoms with Crippen LogP contribution in [0.5, 0.6) is 5.75 Å². The van der Waals surface area contributed by atoms with Crippen LogP contribution in [0.25, 0.3) is 0 Å². The number of ether oxygens (including phenoxy) is 1. The van der Waals surface area contributed by atoms with E-state index in [9.17, 15) is 22.7 Å². The molecule has 0 aromatic heterocycles. The molecule has 3 nitrogen and oxygen atoms in total. The molecular weight excluding hydrogens is 292 g/mol. The maximum Gasteiger partial charge on any atom is 0.419 e. The number of alkyl halides is 3. The monoisotopic (exact) mass is 310 g/mol. The van der Waals surface area contributed by atoms with Crippen molar-refractivity contribution in [2.45, 2.75) is 31.5 Å². The van der Waals surface area contributed by atoms with Gasteiger partial charge in [-0.25, -0.2) is 4.39 Å². The first-order valence-electron chi connectivity index (χ1n) is 6.32. The lowest BCUT2D eigenvalue weighted by Crippen LogP contribution is -2.54. The third-order valence-corrected chi connectivity index (χ3v) is 3.92. The lowest BCUT2D eigenvalue weighted by atomic mass is 9.76. The molecule has 0 aliphatic heterocycles. The highest BCUT2D eigenvalue weighted by Gasteiger charge is 2.58. The lowest BCUT2D eigenvalue weighted by molar-refractivity contribution is -0.290. The minimum Gasteiger partial charge on any atom is -0.496 e. The van der Waals surface area contributed by atoms with Crippen LogP contribution in [0.15, 0.2) is 18.2 Å². The number of aliphatic hydroxyl groups excluding tert-OH is 1. The molecule has 1 aromatic carbocycles.